The van der Waals surface area contributed by atoms with Crippen molar-refractivity contribution in [3.63, 3.8) is 0 Å². The zero-order chi connectivity index (χ0) is 7.68. The predicted octanol–water partition coefficient (Wildman–Crippen LogP) is 1.43. The fourth-order valence-corrected chi connectivity index (χ4v) is 1.27. The first kappa shape index (κ1) is 6.28. The average Bonchev–Trinajstić information content (AvgIpc) is 2.50. The van der Waals surface area contributed by atoms with Crippen molar-refractivity contribution in [3.8, 4) is 0 Å². The first-order valence-corrected chi connectivity index (χ1v) is 3.49. The maximum absolute atomic E-state index is 10.5. The number of nitrogens with zero attached hydrogens (tertiary/aromatic N) is 1. The van der Waals surface area contributed by atoms with E-state index in [4.69, 9.17) is 0 Å². The summed E-state index contributed by atoms with van der Waals surface area (Å²) < 4.78 is 0. The molecule has 1 aliphatic rings. The third-order valence-corrected chi connectivity index (χ3v) is 1.84. The second-order valence-electron chi connectivity index (χ2n) is 2.51. The molecule has 2 nitrogen and oxygen atoms in total. The SMILES string of the molecule is O=Cc1cccc2c1C=NC2. The van der Waals surface area contributed by atoms with Crippen molar-refractivity contribution in [1.82, 2.24) is 0 Å². The number of carbonyl (C=O) groups excluding carboxylic acids is 1. The number of aldehydes is 1. The summed E-state index contributed by atoms with van der Waals surface area (Å²) in [5.41, 5.74) is 2.88. The number of hydrogen-bond donors (Lipinski definition) is 0. The Morgan fingerprint density at radius 3 is 3.18 bits per heavy atom. The van der Waals surface area contributed by atoms with E-state index in [-0.39, 0.29) is 0 Å². The van der Waals surface area contributed by atoms with Crippen LogP contribution in [0.4, 0.5) is 0 Å². The van der Waals surface area contributed by atoms with E-state index in [1.54, 1.807) is 6.21 Å². The lowest BCUT2D eigenvalue weighted by atomic mass is 10.1. The summed E-state index contributed by atoms with van der Waals surface area (Å²) in [5, 5.41) is 0. The molecule has 0 aromatic heterocycles. The Morgan fingerprint density at radius 2 is 2.36 bits per heavy atom. The van der Waals surface area contributed by atoms with Gasteiger partial charge in [0.2, 0.25) is 0 Å². The number of aliphatic imine (C=N–C) groups is 1. The molecule has 0 saturated heterocycles. The first-order chi connectivity index (χ1) is 5.42. The largest absolute Gasteiger partial charge is 0.298 e. The molecule has 2 heteroatoms. The van der Waals surface area contributed by atoms with Gasteiger partial charge in [0.25, 0.3) is 0 Å². The molecule has 0 fully saturated rings. The summed E-state index contributed by atoms with van der Waals surface area (Å²) in [5.74, 6) is 0. The van der Waals surface area contributed by atoms with Crippen LogP contribution in [0.2, 0.25) is 0 Å². The second kappa shape index (κ2) is 2.31. The number of hydrogen-bond acceptors (Lipinski definition) is 2. The van der Waals surface area contributed by atoms with Crippen molar-refractivity contribution in [3.05, 3.63) is 34.9 Å². The quantitative estimate of drug-likeness (QED) is 0.549. The van der Waals surface area contributed by atoms with Crippen LogP contribution in [0.15, 0.2) is 23.2 Å². The smallest absolute Gasteiger partial charge is 0.150 e. The number of carbonyl (C=O) groups is 1. The molecular weight excluding hydrogens is 138 g/mol. The molecule has 1 aromatic rings. The van der Waals surface area contributed by atoms with Gasteiger partial charge in [-0.2, -0.15) is 0 Å². The summed E-state index contributed by atoms with van der Waals surface area (Å²) in [4.78, 5) is 14.6. The molecule has 0 aliphatic carbocycles. The van der Waals surface area contributed by atoms with E-state index in [2.05, 4.69) is 4.99 Å². The molecule has 1 aliphatic heterocycles. The van der Waals surface area contributed by atoms with Crippen LogP contribution < -0.4 is 0 Å². The van der Waals surface area contributed by atoms with Crippen LogP contribution in [0.3, 0.4) is 0 Å². The number of fused-ring (bicyclic) bond motifs is 1. The van der Waals surface area contributed by atoms with Gasteiger partial charge in [-0.05, 0) is 5.56 Å². The topological polar surface area (TPSA) is 29.4 Å². The van der Waals surface area contributed by atoms with Gasteiger partial charge in [-0.15, -0.1) is 0 Å². The van der Waals surface area contributed by atoms with E-state index in [0.717, 1.165) is 29.5 Å². The summed E-state index contributed by atoms with van der Waals surface area (Å²) in [6, 6.07) is 5.69. The monoisotopic (exact) mass is 145 g/mol. The van der Waals surface area contributed by atoms with Gasteiger partial charge in [0.1, 0.15) is 0 Å². The zero-order valence-electron chi connectivity index (χ0n) is 5.95. The predicted molar refractivity (Wildman–Crippen MR) is 43.1 cm³/mol. The van der Waals surface area contributed by atoms with Gasteiger partial charge in [-0.3, -0.25) is 9.79 Å². The lowest BCUT2D eigenvalue weighted by Crippen LogP contribution is -1.91. The number of benzene rings is 1. The molecule has 0 radical (unpaired) electrons. The Morgan fingerprint density at radius 1 is 1.45 bits per heavy atom. The van der Waals surface area contributed by atoms with E-state index in [9.17, 15) is 4.79 Å². The Hall–Kier alpha value is -1.44. The molecule has 0 amide bonds. The van der Waals surface area contributed by atoms with E-state index in [1.165, 1.54) is 0 Å². The minimum atomic E-state index is 0.719. The molecule has 11 heavy (non-hydrogen) atoms. The Labute approximate surface area is 64.6 Å². The maximum atomic E-state index is 10.5. The first-order valence-electron chi connectivity index (χ1n) is 3.49. The molecule has 0 bridgehead atoms. The third kappa shape index (κ3) is 0.871. The van der Waals surface area contributed by atoms with E-state index >= 15 is 0 Å². The second-order valence-corrected chi connectivity index (χ2v) is 2.51. The molecular formula is C9H7NO. The van der Waals surface area contributed by atoms with Crippen LogP contribution in [0.1, 0.15) is 21.5 Å². The Balaban J connectivity index is 2.66. The number of rotatable bonds is 1. The van der Waals surface area contributed by atoms with E-state index in [1.807, 2.05) is 18.2 Å². The molecule has 0 saturated carbocycles. The van der Waals surface area contributed by atoms with Crippen LogP contribution in [0.25, 0.3) is 0 Å². The van der Waals surface area contributed by atoms with Gasteiger partial charge >= 0.3 is 0 Å². The summed E-state index contributed by atoms with van der Waals surface area (Å²) in [7, 11) is 0. The molecule has 0 spiro atoms. The van der Waals surface area contributed by atoms with E-state index in [0.29, 0.717) is 0 Å². The van der Waals surface area contributed by atoms with Crippen molar-refractivity contribution in [2.45, 2.75) is 6.54 Å². The van der Waals surface area contributed by atoms with Crippen molar-refractivity contribution in [1.29, 1.82) is 0 Å². The summed E-state index contributed by atoms with van der Waals surface area (Å²) in [6.07, 6.45) is 2.63. The molecule has 0 atom stereocenters. The molecule has 1 aromatic carbocycles. The van der Waals surface area contributed by atoms with Gasteiger partial charge < -0.3 is 0 Å². The van der Waals surface area contributed by atoms with Crippen molar-refractivity contribution >= 4 is 12.5 Å². The molecule has 0 unspecified atom stereocenters. The third-order valence-electron chi connectivity index (χ3n) is 1.84. The maximum Gasteiger partial charge on any atom is 0.150 e. The standard InChI is InChI=1S/C9H7NO/c11-6-8-3-1-2-7-4-10-5-9(7)8/h1-3,5-6H,4H2. The van der Waals surface area contributed by atoms with Gasteiger partial charge in [0, 0.05) is 17.3 Å². The fraction of sp³-hybridized carbons (Fsp3) is 0.111. The summed E-state index contributed by atoms with van der Waals surface area (Å²) >= 11 is 0. The lowest BCUT2D eigenvalue weighted by Gasteiger charge is -1.97. The van der Waals surface area contributed by atoms with Gasteiger partial charge in [0.05, 0.1) is 6.54 Å². The minimum Gasteiger partial charge on any atom is -0.298 e. The highest BCUT2D eigenvalue weighted by Crippen LogP contribution is 2.16. The lowest BCUT2D eigenvalue weighted by molar-refractivity contribution is 0.112. The zero-order valence-corrected chi connectivity index (χ0v) is 5.95. The van der Waals surface area contributed by atoms with Crippen LogP contribution in [0.5, 0.6) is 0 Å². The van der Waals surface area contributed by atoms with Crippen LogP contribution in [0, 0.1) is 0 Å². The van der Waals surface area contributed by atoms with Crippen LogP contribution >= 0.6 is 0 Å². The van der Waals surface area contributed by atoms with Gasteiger partial charge in [-0.1, -0.05) is 18.2 Å². The average molecular weight is 145 g/mol. The van der Waals surface area contributed by atoms with Gasteiger partial charge in [-0.25, -0.2) is 0 Å². The Kier molecular flexibility index (Phi) is 1.32. The van der Waals surface area contributed by atoms with Crippen molar-refractivity contribution in [2.75, 3.05) is 0 Å². The highest BCUT2D eigenvalue weighted by molar-refractivity contribution is 5.95. The van der Waals surface area contributed by atoms with Crippen molar-refractivity contribution in [2.24, 2.45) is 4.99 Å². The Bertz CT molecular complexity index is 328. The van der Waals surface area contributed by atoms with Gasteiger partial charge in [0.15, 0.2) is 6.29 Å². The minimum absolute atomic E-state index is 0.719. The normalized spacial score (nSPS) is 13.1. The summed E-state index contributed by atoms with van der Waals surface area (Å²) in [6.45, 7) is 0.719. The molecule has 1 heterocycles. The van der Waals surface area contributed by atoms with Crippen LogP contribution in [-0.4, -0.2) is 12.5 Å². The van der Waals surface area contributed by atoms with E-state index < -0.39 is 0 Å². The molecule has 54 valence electrons. The van der Waals surface area contributed by atoms with Crippen molar-refractivity contribution < 1.29 is 4.79 Å². The van der Waals surface area contributed by atoms with Crippen LogP contribution in [-0.2, 0) is 6.54 Å². The fourth-order valence-electron chi connectivity index (χ4n) is 1.27. The molecule has 2 rings (SSSR count). The highest BCUT2D eigenvalue weighted by Gasteiger charge is 2.08. The highest BCUT2D eigenvalue weighted by atomic mass is 16.1. The molecule has 0 N–H and O–H groups in total.